The van der Waals surface area contributed by atoms with E-state index < -0.39 is 29.0 Å². The number of hydrogen-bond donors (Lipinski definition) is 0. The summed E-state index contributed by atoms with van der Waals surface area (Å²) in [6.45, 7) is 21.3. The number of aliphatic imine (C=N–C) groups is 8. The Kier molecular flexibility index (Phi) is 134. The summed E-state index contributed by atoms with van der Waals surface area (Å²) in [5.41, 5.74) is 7.80. The Labute approximate surface area is 586 Å². The van der Waals surface area contributed by atoms with Gasteiger partial charge in [0.15, 0.2) is 0 Å². The Morgan fingerprint density at radius 1 is 0.224 bits per heavy atom. The predicted molar refractivity (Wildman–Crippen MR) is 282 cm³/mol. The van der Waals surface area contributed by atoms with Gasteiger partial charge in [0.1, 0.15) is 0 Å². The normalized spacial score (nSPS) is 11.8. The minimum atomic E-state index is -6.00. The minimum absolute atomic E-state index is 0. The molecule has 44 heteroatoms. The maximum atomic E-state index is 9.75. The third-order valence-corrected chi connectivity index (χ3v) is 7.08. The average Bonchev–Trinajstić information content (AvgIpc) is 3.20. The zero-order valence-electron chi connectivity index (χ0n) is 41.0. The van der Waals surface area contributed by atoms with Gasteiger partial charge in [-0.2, -0.15) is 46.0 Å². The third kappa shape index (κ3) is 171. The first kappa shape index (κ1) is 122. The number of nitrogens with zero attached hydrogens (tertiary/aromatic N) is 8. The molecule has 0 heterocycles. The molecule has 0 fully saturated rings. The van der Waals surface area contributed by atoms with Crippen molar-refractivity contribution in [1.29, 1.82) is 0 Å². The molecule has 0 N–H and O–H groups in total. The van der Waals surface area contributed by atoms with E-state index in [2.05, 4.69) is 39.9 Å². The molecule has 76 heavy (non-hydrogen) atoms. The van der Waals surface area contributed by atoms with Gasteiger partial charge in [-0.25, -0.2) is 0 Å². The molecule has 0 atom stereocenters. The van der Waals surface area contributed by atoms with Crippen LogP contribution in [0, 0.1) is 0 Å². The van der Waals surface area contributed by atoms with Crippen molar-refractivity contribution < 1.29 is 225 Å². The molecule has 0 aromatic rings. The van der Waals surface area contributed by atoms with Crippen LogP contribution < -0.4 is 0 Å². The summed E-state index contributed by atoms with van der Waals surface area (Å²) >= 11 is 38.2. The van der Waals surface area contributed by atoms with Gasteiger partial charge in [-0.15, -0.1) is 0 Å². The zero-order valence-corrected chi connectivity index (χ0v) is 60.1. The Hall–Kier alpha value is 4.23. The number of rotatable bonds is 20. The smallest absolute Gasteiger partial charge is 0.791 e. The second-order valence-corrected chi connectivity index (χ2v) is 14.6. The summed E-state index contributed by atoms with van der Waals surface area (Å²) in [5.74, 6) is 5.38. The molecule has 0 aromatic carbocycles. The van der Waals surface area contributed by atoms with Crippen LogP contribution in [0.4, 0.5) is 69.1 Å². The molecule has 480 valence electrons. The summed E-state index contributed by atoms with van der Waals surface area (Å²) in [6, 6.07) is 0. The zero-order chi connectivity index (χ0) is 55.6. The molecular formula is C32H56Au4B4F16N8Ni4S8. The van der Waals surface area contributed by atoms with Crippen LogP contribution in [0.25, 0.3) is 0 Å². The molecule has 0 bridgehead atoms. The van der Waals surface area contributed by atoms with Gasteiger partial charge in [0.2, 0.25) is 0 Å². The van der Waals surface area contributed by atoms with Crippen molar-refractivity contribution in [3.05, 3.63) is 0 Å². The number of hydrogen-bond acceptors (Lipinski definition) is 16. The van der Waals surface area contributed by atoms with E-state index in [1.54, 1.807) is 0 Å². The topological polar surface area (TPSA) is 98.9 Å². The second-order valence-electron chi connectivity index (χ2n) is 11.3. The Morgan fingerprint density at radius 2 is 0.276 bits per heavy atom. The Bertz CT molecular complexity index is 1170. The summed E-state index contributed by atoms with van der Waals surface area (Å²) in [7, 11) is -24.0. The van der Waals surface area contributed by atoms with E-state index in [0.717, 1.165) is 45.7 Å². The first-order chi connectivity index (χ1) is 30.9. The Morgan fingerprint density at radius 3 is 0.316 bits per heavy atom. The first-order valence-electron chi connectivity index (χ1n) is 19.1. The van der Waals surface area contributed by atoms with E-state index in [0.29, 0.717) is 98.4 Å². The van der Waals surface area contributed by atoms with Crippen molar-refractivity contribution in [3.63, 3.8) is 0 Å². The van der Waals surface area contributed by atoms with Gasteiger partial charge in [0.05, 0.1) is 45.7 Å². The maximum Gasteiger partial charge on any atom is 2.00 e. The van der Waals surface area contributed by atoms with Crippen molar-refractivity contribution in [2.75, 3.05) is 98.4 Å². The molecule has 0 aliphatic rings. The fourth-order valence-electron chi connectivity index (χ4n) is 2.62. The quantitative estimate of drug-likeness (QED) is 0.0516. The second kappa shape index (κ2) is 83.4. The van der Waals surface area contributed by atoms with E-state index in [9.17, 15) is 69.1 Å². The van der Waals surface area contributed by atoms with Crippen LogP contribution in [-0.2, 0) is 257 Å². The fourth-order valence-corrected chi connectivity index (χ4v) is 3.35. The van der Waals surface area contributed by atoms with Crippen LogP contribution in [0.2, 0.25) is 0 Å². The van der Waals surface area contributed by atoms with Crippen LogP contribution in [-0.4, -0.2) is 173 Å². The van der Waals surface area contributed by atoms with Crippen molar-refractivity contribution in [3.8, 4) is 0 Å². The molecule has 0 saturated carbocycles. The van der Waals surface area contributed by atoms with E-state index in [1.165, 1.54) is 0 Å². The minimum Gasteiger partial charge on any atom is -0.791 e. The van der Waals surface area contributed by atoms with Crippen molar-refractivity contribution in [1.82, 2.24) is 0 Å². The van der Waals surface area contributed by atoms with Gasteiger partial charge in [0, 0.05) is 52.4 Å². The van der Waals surface area contributed by atoms with E-state index >= 15 is 0 Å². The largest absolute Gasteiger partial charge is 2.00 e. The maximum absolute atomic E-state index is 9.75. The van der Waals surface area contributed by atoms with E-state index in [1.807, 2.05) is 55.4 Å². The summed E-state index contributed by atoms with van der Waals surface area (Å²) in [5, 5.41) is 0. The molecule has 0 spiro atoms. The SMILES string of the molecule is CC(=NCC[S-])C(C)=NCC[S-].CC(=NCC[S-])C(C)=NCC[S-].CC(=NCC[S-])C(C)=NCC[S-].CC(=NCC[S-])C(C)=NCC[S-].F[B-](F)(F)F.F[B-](F)(F)F.F[B-](F)(F)F.F[B-](F)(F)F.[Au+].[Au+].[Au+].[Au+].[Ni+2].[Ni+2].[Ni+2].[Ni+2]. The van der Waals surface area contributed by atoms with E-state index in [-0.39, 0.29) is 155 Å². The summed E-state index contributed by atoms with van der Waals surface area (Å²) in [4.78, 5) is 33.9. The van der Waals surface area contributed by atoms with Crippen LogP contribution in [0.15, 0.2) is 39.9 Å². The van der Waals surface area contributed by atoms with Gasteiger partial charge in [-0.1, -0.05) is 0 Å². The average molecular weight is 2180 g/mol. The molecule has 8 nitrogen and oxygen atoms in total. The number of halogens is 16. The van der Waals surface area contributed by atoms with Crippen LogP contribution in [0.1, 0.15) is 55.4 Å². The first-order valence-corrected chi connectivity index (χ1v) is 23.7. The molecule has 0 aromatic heterocycles. The third-order valence-electron chi connectivity index (χ3n) is 5.62. The Balaban J connectivity index is -0.0000000391. The van der Waals surface area contributed by atoms with Crippen molar-refractivity contribution in [2.24, 2.45) is 39.9 Å². The summed E-state index contributed by atoms with van der Waals surface area (Å²) < 4.78 is 156. The monoisotopic (exact) mass is 2180 g/mol. The molecule has 0 unspecified atom stereocenters. The van der Waals surface area contributed by atoms with Gasteiger partial charge >= 0.3 is 185 Å². The van der Waals surface area contributed by atoms with Crippen LogP contribution in [0.5, 0.6) is 0 Å². The molecular weight excluding hydrogens is 2120 g/mol. The fraction of sp³-hybridized carbons (Fsp3) is 0.750. The van der Waals surface area contributed by atoms with Crippen LogP contribution >= 0.6 is 0 Å². The molecule has 0 aliphatic carbocycles. The molecule has 0 radical (unpaired) electrons. The molecule has 0 amide bonds. The summed E-state index contributed by atoms with van der Waals surface area (Å²) in [6.07, 6.45) is 0. The van der Waals surface area contributed by atoms with Gasteiger partial charge in [-0.3, -0.25) is 39.9 Å². The van der Waals surface area contributed by atoms with Gasteiger partial charge in [-0.05, 0) is 55.4 Å². The predicted octanol–water partition coefficient (Wildman–Crippen LogP) is 9.19. The van der Waals surface area contributed by atoms with E-state index in [4.69, 9.17) is 101 Å². The molecule has 0 aliphatic heterocycles. The molecule has 0 saturated heterocycles. The van der Waals surface area contributed by atoms with Crippen molar-refractivity contribution >= 4 is 176 Å². The van der Waals surface area contributed by atoms with Gasteiger partial charge < -0.3 is 170 Å². The standard InChI is InChI=1S/4C8H16N2S2.4Au.4BF4.4Ni/c4*1-7(9-3-5-11)8(2)10-4-6-12;;;;;4*2-1(3,4)5;;;;/h4*11-12H,3-6H2,1-2H3;;;;;;;;;;;;/q;;;;4*+1;4*-1;4*+2/p-8. The van der Waals surface area contributed by atoms with Gasteiger partial charge in [0.25, 0.3) is 0 Å². The molecule has 0 rings (SSSR count). The van der Waals surface area contributed by atoms with Crippen LogP contribution in [0.3, 0.4) is 0 Å². The van der Waals surface area contributed by atoms with Crippen molar-refractivity contribution in [2.45, 2.75) is 55.4 Å².